The van der Waals surface area contributed by atoms with Gasteiger partial charge in [-0.05, 0) is 56.2 Å². The van der Waals surface area contributed by atoms with Gasteiger partial charge in [0.15, 0.2) is 11.5 Å². The molecule has 5 amide bonds. The first-order valence-electron chi connectivity index (χ1n) is 21.6. The molecule has 20 nitrogen and oxygen atoms in total. The van der Waals surface area contributed by atoms with E-state index in [-0.39, 0.29) is 35.9 Å². The van der Waals surface area contributed by atoms with Crippen molar-refractivity contribution in [2.24, 2.45) is 5.92 Å². The number of nitriles is 1. The molecule has 2 aliphatic heterocycles. The maximum atomic E-state index is 13.3. The zero-order valence-corrected chi connectivity index (χ0v) is 35.2. The molecule has 0 radical (unpaired) electrons. The van der Waals surface area contributed by atoms with Gasteiger partial charge in [-0.25, -0.2) is 9.97 Å². The molecule has 64 heavy (non-hydrogen) atoms. The molecular formula is C44H50N10O10. The summed E-state index contributed by atoms with van der Waals surface area (Å²) < 4.78 is 29.8. The molecule has 0 bridgehead atoms. The summed E-state index contributed by atoms with van der Waals surface area (Å²) in [6.45, 7) is 4.63. The lowest BCUT2D eigenvalue weighted by Crippen LogP contribution is -2.54. The molecule has 1 saturated heterocycles. The van der Waals surface area contributed by atoms with Gasteiger partial charge >= 0.3 is 0 Å². The van der Waals surface area contributed by atoms with Gasteiger partial charge in [-0.1, -0.05) is 6.07 Å². The van der Waals surface area contributed by atoms with E-state index in [1.165, 1.54) is 6.20 Å². The van der Waals surface area contributed by atoms with Gasteiger partial charge in [0.25, 0.3) is 17.7 Å². The van der Waals surface area contributed by atoms with E-state index < -0.39 is 29.7 Å². The van der Waals surface area contributed by atoms with Crippen molar-refractivity contribution in [1.82, 2.24) is 35.3 Å². The number of pyridine rings is 2. The number of carbonyl (C=O) groups excluding carboxylic acids is 5. The third kappa shape index (κ3) is 10.7. The highest BCUT2D eigenvalue weighted by atomic mass is 16.6. The van der Waals surface area contributed by atoms with E-state index in [4.69, 9.17) is 23.7 Å². The molecule has 0 spiro atoms. The Bertz CT molecular complexity index is 2410. The predicted octanol–water partition coefficient (Wildman–Crippen LogP) is 2.37. The molecule has 1 unspecified atom stereocenters. The molecule has 1 atom stereocenters. The standard InChI is InChI=1S/C44H50N10O10/c45-22-28-18-29-24-49-54(40(29)48-23-28)37-21-35(50-30-4-5-30)33(25-47-37)41(56)51-31-19-27(20-31)26-64-17-16-63-15-14-62-13-12-61-11-10-60-9-8-46-34-3-1-2-32-39(34)44(59)53(43(32)58)36-6-7-38(55)52-42(36)57/h1-3,18,21,23-25,27,30-31,36,46H,4-17,19-20,26H2,(H,47,50)(H,51,56)(H,52,55,57). The highest BCUT2D eigenvalue weighted by Crippen LogP contribution is 2.33. The lowest BCUT2D eigenvalue weighted by molar-refractivity contribution is -0.136. The van der Waals surface area contributed by atoms with E-state index in [1.807, 2.05) is 6.07 Å². The third-order valence-electron chi connectivity index (χ3n) is 11.3. The van der Waals surface area contributed by atoms with E-state index in [2.05, 4.69) is 42.4 Å². The highest BCUT2D eigenvalue weighted by molar-refractivity contribution is 6.25. The minimum atomic E-state index is -1.02. The summed E-state index contributed by atoms with van der Waals surface area (Å²) in [5, 5.41) is 26.3. The second kappa shape index (κ2) is 20.9. The first-order chi connectivity index (χ1) is 31.3. The van der Waals surface area contributed by atoms with Crippen molar-refractivity contribution in [2.75, 3.05) is 83.2 Å². The van der Waals surface area contributed by atoms with Gasteiger partial charge < -0.3 is 39.6 Å². The maximum Gasteiger partial charge on any atom is 0.264 e. The molecule has 2 saturated carbocycles. The first kappa shape index (κ1) is 44.2. The summed E-state index contributed by atoms with van der Waals surface area (Å²) in [4.78, 5) is 73.3. The third-order valence-corrected chi connectivity index (χ3v) is 11.3. The summed E-state index contributed by atoms with van der Waals surface area (Å²) in [5.74, 6) is -1.48. The van der Waals surface area contributed by atoms with E-state index in [1.54, 1.807) is 41.3 Å². The predicted molar refractivity (Wildman–Crippen MR) is 228 cm³/mol. The fourth-order valence-corrected chi connectivity index (χ4v) is 7.76. The van der Waals surface area contributed by atoms with Gasteiger partial charge in [-0.3, -0.25) is 34.2 Å². The molecule has 20 heteroatoms. The number of fused-ring (bicyclic) bond motifs is 2. The molecular weight excluding hydrogens is 829 g/mol. The maximum absolute atomic E-state index is 13.3. The summed E-state index contributed by atoms with van der Waals surface area (Å²) in [6.07, 6.45) is 8.62. The Morgan fingerprint density at radius 2 is 1.53 bits per heavy atom. The van der Waals surface area contributed by atoms with Crippen LogP contribution >= 0.6 is 0 Å². The van der Waals surface area contributed by atoms with Crippen LogP contribution in [0.3, 0.4) is 0 Å². The smallest absolute Gasteiger partial charge is 0.264 e. The zero-order chi connectivity index (χ0) is 44.4. The SMILES string of the molecule is N#Cc1cnc2c(cnn2-c2cc(NC3CC3)c(C(=O)NC3CC(COCCOCCOCCOCCOCCNc4cccc5c4C(=O)N(C4CCC(=O)NC4=O)C5=O)C3)cn2)c1. The number of hydrogen-bond donors (Lipinski definition) is 4. The summed E-state index contributed by atoms with van der Waals surface area (Å²) in [6, 6.07) is 9.90. The van der Waals surface area contributed by atoms with Crippen LogP contribution in [0.4, 0.5) is 11.4 Å². The van der Waals surface area contributed by atoms with E-state index in [0.717, 1.165) is 36.0 Å². The highest BCUT2D eigenvalue weighted by Gasteiger charge is 2.45. The number of rotatable bonds is 24. The quantitative estimate of drug-likeness (QED) is 0.0583. The molecule has 5 heterocycles. The van der Waals surface area contributed by atoms with Crippen molar-refractivity contribution >= 4 is 51.9 Å². The monoisotopic (exact) mass is 878 g/mol. The summed E-state index contributed by atoms with van der Waals surface area (Å²) >= 11 is 0. The minimum absolute atomic E-state index is 0.0588. The Morgan fingerprint density at radius 3 is 2.23 bits per heavy atom. The van der Waals surface area contributed by atoms with Gasteiger partial charge in [0.2, 0.25) is 11.8 Å². The number of aromatic nitrogens is 4. The number of imide groups is 2. The molecule has 4 aliphatic rings. The van der Waals surface area contributed by atoms with Crippen LogP contribution in [-0.4, -0.2) is 145 Å². The van der Waals surface area contributed by atoms with Crippen molar-refractivity contribution in [1.29, 1.82) is 5.26 Å². The Hall–Kier alpha value is -6.37. The van der Waals surface area contributed by atoms with Crippen LogP contribution < -0.4 is 21.3 Å². The lowest BCUT2D eigenvalue weighted by Gasteiger charge is -2.35. The Balaban J connectivity index is 0.623. The second-order valence-corrected chi connectivity index (χ2v) is 15.9. The number of piperidine rings is 1. The average molecular weight is 879 g/mol. The van der Waals surface area contributed by atoms with Crippen LogP contribution in [0.15, 0.2) is 48.9 Å². The number of amides is 5. The van der Waals surface area contributed by atoms with Crippen molar-refractivity contribution in [3.8, 4) is 11.9 Å². The van der Waals surface area contributed by atoms with Crippen LogP contribution in [0.2, 0.25) is 0 Å². The number of ether oxygens (including phenoxy) is 5. The van der Waals surface area contributed by atoms with Crippen molar-refractivity contribution in [2.45, 2.75) is 56.7 Å². The fourth-order valence-electron chi connectivity index (χ4n) is 7.76. The number of nitrogens with zero attached hydrogens (tertiary/aromatic N) is 6. The summed E-state index contributed by atoms with van der Waals surface area (Å²) in [7, 11) is 0. The van der Waals surface area contributed by atoms with Crippen LogP contribution in [0.25, 0.3) is 16.9 Å². The van der Waals surface area contributed by atoms with Crippen LogP contribution in [0, 0.1) is 17.2 Å². The van der Waals surface area contributed by atoms with Crippen molar-refractivity contribution in [3.63, 3.8) is 0 Å². The van der Waals surface area contributed by atoms with Gasteiger partial charge in [0.05, 0.1) is 93.6 Å². The molecule has 3 aromatic heterocycles. The minimum Gasteiger partial charge on any atom is -0.382 e. The molecule has 1 aromatic carbocycles. The van der Waals surface area contributed by atoms with Crippen molar-refractivity contribution in [3.05, 3.63) is 71.2 Å². The number of nitrogens with one attached hydrogen (secondary N) is 4. The van der Waals surface area contributed by atoms with Gasteiger partial charge in [0.1, 0.15) is 12.1 Å². The first-order valence-corrected chi connectivity index (χ1v) is 21.6. The number of hydrogen-bond acceptors (Lipinski definition) is 16. The molecule has 8 rings (SSSR count). The number of carbonyl (C=O) groups is 5. The van der Waals surface area contributed by atoms with Crippen LogP contribution in [0.5, 0.6) is 0 Å². The second-order valence-electron chi connectivity index (χ2n) is 15.9. The normalized spacial score (nSPS) is 19.3. The molecule has 4 aromatic rings. The molecule has 336 valence electrons. The largest absolute Gasteiger partial charge is 0.382 e. The van der Waals surface area contributed by atoms with E-state index in [9.17, 15) is 29.2 Å². The van der Waals surface area contributed by atoms with E-state index >= 15 is 0 Å². The van der Waals surface area contributed by atoms with E-state index in [0.29, 0.717) is 119 Å². The van der Waals surface area contributed by atoms with Crippen LogP contribution in [-0.2, 0) is 33.3 Å². The molecule has 4 N–H and O–H groups in total. The van der Waals surface area contributed by atoms with Gasteiger partial charge in [-0.15, -0.1) is 0 Å². The summed E-state index contributed by atoms with van der Waals surface area (Å²) in [5.41, 5.74) is 3.09. The van der Waals surface area contributed by atoms with Crippen molar-refractivity contribution < 1.29 is 47.7 Å². The average Bonchev–Trinajstić information content (AvgIpc) is 3.94. The van der Waals surface area contributed by atoms with Gasteiger partial charge in [0, 0.05) is 61.2 Å². The van der Waals surface area contributed by atoms with Gasteiger partial charge in [-0.2, -0.15) is 15.0 Å². The Labute approximate surface area is 368 Å². The number of benzene rings is 1. The topological polar surface area (TPSA) is 250 Å². The number of anilines is 2. The fraction of sp³-hybridized carbons (Fsp3) is 0.477. The Morgan fingerprint density at radius 1 is 0.812 bits per heavy atom. The lowest BCUT2D eigenvalue weighted by atomic mass is 9.81. The van der Waals surface area contributed by atoms with Crippen LogP contribution in [0.1, 0.15) is 75.2 Å². The molecule has 2 aliphatic carbocycles. The zero-order valence-electron chi connectivity index (χ0n) is 35.2. The Kier molecular flexibility index (Phi) is 14.4. The molecule has 3 fully saturated rings.